The van der Waals surface area contributed by atoms with Crippen LogP contribution in [0.2, 0.25) is 0 Å². The van der Waals surface area contributed by atoms with Crippen molar-refractivity contribution in [3.63, 3.8) is 0 Å². The zero-order valence-corrected chi connectivity index (χ0v) is 15.0. The van der Waals surface area contributed by atoms with E-state index in [-0.39, 0.29) is 5.82 Å². The summed E-state index contributed by atoms with van der Waals surface area (Å²) in [5.74, 6) is 0.254. The fourth-order valence-electron chi connectivity index (χ4n) is 3.35. The second kappa shape index (κ2) is 7.22. The maximum absolute atomic E-state index is 14.2. The van der Waals surface area contributed by atoms with Gasteiger partial charge in [0.05, 0.1) is 11.2 Å². The fourth-order valence-corrected chi connectivity index (χ4v) is 3.35. The molecule has 8 heteroatoms. The number of benzene rings is 1. The minimum Gasteiger partial charge on any atom is -0.357 e. The molecule has 0 spiro atoms. The molecule has 0 atom stereocenters. The van der Waals surface area contributed by atoms with Gasteiger partial charge in [-0.3, -0.25) is 4.98 Å². The van der Waals surface area contributed by atoms with Crippen LogP contribution < -0.4 is 16.4 Å². The molecule has 4 N–H and O–H groups in total. The molecule has 1 aromatic carbocycles. The Kier molecular flexibility index (Phi) is 4.60. The molecule has 1 fully saturated rings. The summed E-state index contributed by atoms with van der Waals surface area (Å²) in [4.78, 5) is 15.1. The SMILES string of the molecule is NC(=O)Nc1ccc(-c2ccc(NC3(c4ncccc4F)CCC3)nn2)cc1. The van der Waals surface area contributed by atoms with Gasteiger partial charge in [-0.25, -0.2) is 9.18 Å². The Morgan fingerprint density at radius 2 is 1.86 bits per heavy atom. The monoisotopic (exact) mass is 378 g/mol. The molecule has 2 aromatic heterocycles. The van der Waals surface area contributed by atoms with Gasteiger partial charge in [0.1, 0.15) is 17.3 Å². The Balaban J connectivity index is 1.52. The molecule has 142 valence electrons. The van der Waals surface area contributed by atoms with Crippen LogP contribution in [-0.2, 0) is 5.54 Å². The average Bonchev–Trinajstić information content (AvgIpc) is 2.66. The van der Waals surface area contributed by atoms with Crippen LogP contribution in [0.5, 0.6) is 0 Å². The lowest BCUT2D eigenvalue weighted by atomic mass is 9.74. The van der Waals surface area contributed by atoms with E-state index in [1.165, 1.54) is 6.07 Å². The molecule has 1 aliphatic carbocycles. The minimum absolute atomic E-state index is 0.316. The summed E-state index contributed by atoms with van der Waals surface area (Å²) in [5.41, 5.74) is 7.12. The highest BCUT2D eigenvalue weighted by Crippen LogP contribution is 2.43. The lowest BCUT2D eigenvalue weighted by Crippen LogP contribution is -2.43. The number of urea groups is 1. The number of amides is 2. The van der Waals surface area contributed by atoms with Gasteiger partial charge < -0.3 is 16.4 Å². The van der Waals surface area contributed by atoms with Crippen LogP contribution in [-0.4, -0.2) is 21.2 Å². The number of nitrogens with one attached hydrogen (secondary N) is 2. The Morgan fingerprint density at radius 3 is 2.43 bits per heavy atom. The highest BCUT2D eigenvalue weighted by molar-refractivity contribution is 5.88. The summed E-state index contributed by atoms with van der Waals surface area (Å²) in [6, 6.07) is 13.2. The average molecular weight is 378 g/mol. The van der Waals surface area contributed by atoms with Crippen molar-refractivity contribution in [2.24, 2.45) is 5.73 Å². The largest absolute Gasteiger partial charge is 0.357 e. The maximum atomic E-state index is 14.2. The maximum Gasteiger partial charge on any atom is 0.316 e. The molecular weight excluding hydrogens is 359 g/mol. The lowest BCUT2D eigenvalue weighted by molar-refractivity contribution is 0.259. The lowest BCUT2D eigenvalue weighted by Gasteiger charge is -2.42. The van der Waals surface area contributed by atoms with E-state index in [0.717, 1.165) is 24.8 Å². The number of pyridine rings is 1. The first-order valence-electron chi connectivity index (χ1n) is 8.96. The smallest absolute Gasteiger partial charge is 0.316 e. The molecule has 1 aliphatic rings. The number of anilines is 2. The van der Waals surface area contributed by atoms with E-state index >= 15 is 0 Å². The zero-order valence-electron chi connectivity index (χ0n) is 15.0. The van der Waals surface area contributed by atoms with Crippen LogP contribution in [0.3, 0.4) is 0 Å². The van der Waals surface area contributed by atoms with E-state index < -0.39 is 11.6 Å². The summed E-state index contributed by atoms with van der Waals surface area (Å²) < 4.78 is 14.2. The number of aromatic nitrogens is 3. The Bertz CT molecular complexity index is 986. The van der Waals surface area contributed by atoms with Crippen LogP contribution >= 0.6 is 0 Å². The molecule has 28 heavy (non-hydrogen) atoms. The van der Waals surface area contributed by atoms with Crippen LogP contribution in [0.1, 0.15) is 25.0 Å². The van der Waals surface area contributed by atoms with Crippen molar-refractivity contribution >= 4 is 17.5 Å². The van der Waals surface area contributed by atoms with Crippen LogP contribution in [0.25, 0.3) is 11.3 Å². The van der Waals surface area contributed by atoms with Crippen molar-refractivity contribution < 1.29 is 9.18 Å². The molecule has 0 unspecified atom stereocenters. The van der Waals surface area contributed by atoms with Gasteiger partial charge in [0.2, 0.25) is 0 Å². The normalized spacial score (nSPS) is 14.8. The van der Waals surface area contributed by atoms with Gasteiger partial charge >= 0.3 is 6.03 Å². The quantitative estimate of drug-likeness (QED) is 0.628. The predicted octanol–water partition coefficient (Wildman–Crippen LogP) is 3.66. The second-order valence-electron chi connectivity index (χ2n) is 6.76. The number of nitrogens with zero attached hydrogens (tertiary/aromatic N) is 3. The summed E-state index contributed by atoms with van der Waals surface area (Å²) >= 11 is 0. The number of carbonyl (C=O) groups excluding carboxylic acids is 1. The number of carbonyl (C=O) groups is 1. The van der Waals surface area contributed by atoms with Crippen LogP contribution in [0.15, 0.2) is 54.7 Å². The summed E-state index contributed by atoms with van der Waals surface area (Å²) in [6.07, 6.45) is 4.18. The first-order valence-corrected chi connectivity index (χ1v) is 8.96. The van der Waals surface area contributed by atoms with Crippen molar-refractivity contribution in [3.8, 4) is 11.3 Å². The van der Waals surface area contributed by atoms with Gasteiger partial charge in [-0.2, -0.15) is 0 Å². The Hall–Kier alpha value is -3.55. The minimum atomic E-state index is -0.614. The van der Waals surface area contributed by atoms with E-state index in [2.05, 4.69) is 25.8 Å². The Morgan fingerprint density at radius 1 is 1.07 bits per heavy atom. The molecular formula is C20H19FN6O. The molecule has 2 heterocycles. The summed E-state index contributed by atoms with van der Waals surface area (Å²) in [5, 5.41) is 14.3. The molecule has 0 saturated heterocycles. The molecule has 3 aromatic rings. The summed E-state index contributed by atoms with van der Waals surface area (Å²) in [7, 11) is 0. The number of hydrogen-bond donors (Lipinski definition) is 3. The van der Waals surface area contributed by atoms with E-state index in [0.29, 0.717) is 22.9 Å². The first kappa shape index (κ1) is 17.8. The molecule has 1 saturated carbocycles. The van der Waals surface area contributed by atoms with Crippen molar-refractivity contribution in [2.45, 2.75) is 24.8 Å². The second-order valence-corrected chi connectivity index (χ2v) is 6.76. The molecule has 7 nitrogen and oxygen atoms in total. The third-order valence-electron chi connectivity index (χ3n) is 4.90. The van der Waals surface area contributed by atoms with E-state index in [9.17, 15) is 9.18 Å². The number of rotatable bonds is 5. The van der Waals surface area contributed by atoms with Gasteiger partial charge in [-0.05, 0) is 55.7 Å². The molecule has 2 amide bonds. The van der Waals surface area contributed by atoms with Gasteiger partial charge in [0.15, 0.2) is 0 Å². The van der Waals surface area contributed by atoms with Gasteiger partial charge in [0, 0.05) is 17.4 Å². The third kappa shape index (κ3) is 3.48. The molecule has 0 bridgehead atoms. The van der Waals surface area contributed by atoms with Crippen LogP contribution in [0.4, 0.5) is 20.7 Å². The van der Waals surface area contributed by atoms with E-state index in [1.807, 2.05) is 24.3 Å². The Labute approximate surface area is 161 Å². The van der Waals surface area contributed by atoms with Gasteiger partial charge in [-0.15, -0.1) is 10.2 Å². The van der Waals surface area contributed by atoms with Crippen molar-refractivity contribution in [3.05, 3.63) is 66.2 Å². The fraction of sp³-hybridized carbons (Fsp3) is 0.200. The highest BCUT2D eigenvalue weighted by atomic mass is 19.1. The predicted molar refractivity (Wildman–Crippen MR) is 104 cm³/mol. The number of primary amides is 1. The van der Waals surface area contributed by atoms with Crippen molar-refractivity contribution in [1.29, 1.82) is 0 Å². The first-order chi connectivity index (χ1) is 13.6. The topological polar surface area (TPSA) is 106 Å². The molecule has 0 radical (unpaired) electrons. The van der Waals surface area contributed by atoms with Gasteiger partial charge in [-0.1, -0.05) is 12.1 Å². The summed E-state index contributed by atoms with van der Waals surface area (Å²) in [6.45, 7) is 0. The van der Waals surface area contributed by atoms with E-state index in [1.54, 1.807) is 24.4 Å². The zero-order chi connectivity index (χ0) is 19.6. The van der Waals surface area contributed by atoms with E-state index in [4.69, 9.17) is 5.73 Å². The number of halogens is 1. The van der Waals surface area contributed by atoms with Gasteiger partial charge in [0.25, 0.3) is 0 Å². The highest BCUT2D eigenvalue weighted by Gasteiger charge is 2.42. The molecule has 4 rings (SSSR count). The van der Waals surface area contributed by atoms with Crippen molar-refractivity contribution in [1.82, 2.24) is 15.2 Å². The number of nitrogens with two attached hydrogens (primary N) is 1. The standard InChI is InChI=1S/C20H19FN6O/c21-15-3-1-12-23-18(15)20(10-2-11-20)25-17-9-8-16(26-27-17)13-4-6-14(7-5-13)24-19(22)28/h1,3-9,12H,2,10-11H2,(H,25,27)(H3,22,24,28). The van der Waals surface area contributed by atoms with Crippen LogP contribution in [0, 0.1) is 5.82 Å². The molecule has 0 aliphatic heterocycles. The van der Waals surface area contributed by atoms with Crippen molar-refractivity contribution in [2.75, 3.05) is 10.6 Å². The third-order valence-corrected chi connectivity index (χ3v) is 4.90. The number of hydrogen-bond acceptors (Lipinski definition) is 5.